The molecule has 0 aliphatic heterocycles. The normalized spacial score (nSPS) is 13.4. The lowest BCUT2D eigenvalue weighted by atomic mass is 9.90. The Labute approximate surface area is 142 Å². The average Bonchev–Trinajstić information content (AvgIpc) is 2.39. The van der Waals surface area contributed by atoms with Gasteiger partial charge in [-0.25, -0.2) is 0 Å². The van der Waals surface area contributed by atoms with E-state index in [1.54, 1.807) is 12.1 Å². The van der Waals surface area contributed by atoms with Gasteiger partial charge in [0.1, 0.15) is 5.75 Å². The van der Waals surface area contributed by atoms with Gasteiger partial charge in [0.05, 0.1) is 6.42 Å². The minimum atomic E-state index is -2.85. The molecule has 1 aromatic carbocycles. The number of hydrogen-bond donors (Lipinski definition) is 2. The Balaban J connectivity index is 0.00000484. The highest BCUT2D eigenvalue weighted by Gasteiger charge is 2.25. The van der Waals surface area contributed by atoms with Gasteiger partial charge in [0.25, 0.3) is 0 Å². The SMILES string of the molecule is CC(C)CC(C)(CN)NC(=O)Cc1ccc(OC(F)F)cc1.Cl. The van der Waals surface area contributed by atoms with Crippen LogP contribution in [0.4, 0.5) is 8.78 Å². The van der Waals surface area contributed by atoms with Crippen molar-refractivity contribution in [1.82, 2.24) is 5.32 Å². The molecule has 0 saturated heterocycles. The molecule has 4 nitrogen and oxygen atoms in total. The first kappa shape index (κ1) is 21.6. The second-order valence-corrected chi connectivity index (χ2v) is 6.11. The second kappa shape index (κ2) is 9.67. The number of carbonyl (C=O) groups excluding carboxylic acids is 1. The van der Waals surface area contributed by atoms with Gasteiger partial charge in [0, 0.05) is 12.1 Å². The maximum atomic E-state index is 12.1. The van der Waals surface area contributed by atoms with Crippen molar-refractivity contribution >= 4 is 18.3 Å². The van der Waals surface area contributed by atoms with Crippen LogP contribution in [0.1, 0.15) is 32.8 Å². The first-order valence-electron chi connectivity index (χ1n) is 7.29. The quantitative estimate of drug-likeness (QED) is 0.757. The maximum absolute atomic E-state index is 12.1. The van der Waals surface area contributed by atoms with Gasteiger partial charge < -0.3 is 15.8 Å². The summed E-state index contributed by atoms with van der Waals surface area (Å²) in [5.74, 6) is 0.349. The molecule has 0 aromatic heterocycles. The Bertz CT molecular complexity index is 483. The van der Waals surface area contributed by atoms with E-state index in [2.05, 4.69) is 23.9 Å². The third-order valence-corrected chi connectivity index (χ3v) is 3.26. The van der Waals surface area contributed by atoms with Gasteiger partial charge in [-0.2, -0.15) is 8.78 Å². The number of benzene rings is 1. The first-order valence-corrected chi connectivity index (χ1v) is 7.29. The fraction of sp³-hybridized carbons (Fsp3) is 0.562. The molecule has 0 spiro atoms. The van der Waals surface area contributed by atoms with E-state index in [9.17, 15) is 13.6 Å². The molecule has 0 heterocycles. The van der Waals surface area contributed by atoms with Crippen LogP contribution >= 0.6 is 12.4 Å². The number of halogens is 3. The largest absolute Gasteiger partial charge is 0.435 e. The van der Waals surface area contributed by atoms with Crippen LogP contribution in [0, 0.1) is 5.92 Å². The summed E-state index contributed by atoms with van der Waals surface area (Å²) in [5, 5.41) is 2.95. The van der Waals surface area contributed by atoms with E-state index < -0.39 is 12.2 Å². The molecular formula is C16H25ClF2N2O2. The predicted molar refractivity (Wildman–Crippen MR) is 89.1 cm³/mol. The third-order valence-electron chi connectivity index (χ3n) is 3.26. The molecular weight excluding hydrogens is 326 g/mol. The van der Waals surface area contributed by atoms with Gasteiger partial charge in [-0.05, 0) is 37.0 Å². The zero-order valence-corrected chi connectivity index (χ0v) is 14.5. The van der Waals surface area contributed by atoms with Crippen LogP contribution in [0.25, 0.3) is 0 Å². The second-order valence-electron chi connectivity index (χ2n) is 6.11. The van der Waals surface area contributed by atoms with E-state index in [-0.39, 0.29) is 30.5 Å². The topological polar surface area (TPSA) is 64.3 Å². The molecule has 1 unspecified atom stereocenters. The summed E-state index contributed by atoms with van der Waals surface area (Å²) < 4.78 is 28.4. The molecule has 1 amide bonds. The van der Waals surface area contributed by atoms with Crippen molar-refractivity contribution in [1.29, 1.82) is 0 Å². The molecule has 0 radical (unpaired) electrons. The zero-order chi connectivity index (χ0) is 16.8. The van der Waals surface area contributed by atoms with E-state index >= 15 is 0 Å². The van der Waals surface area contributed by atoms with E-state index in [4.69, 9.17) is 5.73 Å². The third kappa shape index (κ3) is 8.13. The molecule has 0 bridgehead atoms. The summed E-state index contributed by atoms with van der Waals surface area (Å²) in [6.45, 7) is 3.57. The monoisotopic (exact) mass is 350 g/mol. The van der Waals surface area contributed by atoms with Crippen LogP contribution in [0.15, 0.2) is 24.3 Å². The van der Waals surface area contributed by atoms with Gasteiger partial charge in [-0.1, -0.05) is 26.0 Å². The zero-order valence-electron chi connectivity index (χ0n) is 13.6. The highest BCUT2D eigenvalue weighted by molar-refractivity contribution is 5.85. The minimum absolute atomic E-state index is 0. The van der Waals surface area contributed by atoms with Crippen LogP contribution in [-0.2, 0) is 11.2 Å². The summed E-state index contributed by atoms with van der Waals surface area (Å²) in [5.41, 5.74) is 6.05. The van der Waals surface area contributed by atoms with Crippen LogP contribution in [0.2, 0.25) is 0 Å². The van der Waals surface area contributed by atoms with Gasteiger partial charge in [0.2, 0.25) is 5.91 Å². The van der Waals surface area contributed by atoms with Gasteiger partial charge in [0.15, 0.2) is 0 Å². The lowest BCUT2D eigenvalue weighted by Crippen LogP contribution is -2.52. The number of nitrogens with two attached hydrogens (primary N) is 1. The molecule has 0 aliphatic rings. The Hall–Kier alpha value is -1.40. The number of carbonyl (C=O) groups is 1. The first-order chi connectivity index (χ1) is 10.2. The maximum Gasteiger partial charge on any atom is 0.387 e. The smallest absolute Gasteiger partial charge is 0.387 e. The van der Waals surface area contributed by atoms with Crippen LogP contribution in [0.5, 0.6) is 5.75 Å². The summed E-state index contributed by atoms with van der Waals surface area (Å²) in [4.78, 5) is 12.1. The molecule has 0 saturated carbocycles. The van der Waals surface area contributed by atoms with Gasteiger partial charge >= 0.3 is 6.61 Å². The van der Waals surface area contributed by atoms with Crippen molar-refractivity contribution in [2.45, 2.75) is 45.8 Å². The average molecular weight is 351 g/mol. The lowest BCUT2D eigenvalue weighted by molar-refractivity contribution is -0.122. The fourth-order valence-corrected chi connectivity index (χ4v) is 2.44. The number of hydrogen-bond acceptors (Lipinski definition) is 3. The minimum Gasteiger partial charge on any atom is -0.435 e. The Morgan fingerprint density at radius 3 is 2.30 bits per heavy atom. The van der Waals surface area contributed by atoms with Crippen molar-refractivity contribution in [3.63, 3.8) is 0 Å². The molecule has 23 heavy (non-hydrogen) atoms. The summed E-state index contributed by atoms with van der Waals surface area (Å²) in [6, 6.07) is 6.04. The van der Waals surface area contributed by atoms with Gasteiger partial charge in [-0.15, -0.1) is 12.4 Å². The van der Waals surface area contributed by atoms with Crippen molar-refractivity contribution in [2.24, 2.45) is 11.7 Å². The number of amides is 1. The number of alkyl halides is 2. The summed E-state index contributed by atoms with van der Waals surface area (Å²) in [6.07, 6.45) is 0.957. The molecule has 0 aliphatic carbocycles. The van der Waals surface area contributed by atoms with Crippen LogP contribution in [0.3, 0.4) is 0 Å². The van der Waals surface area contributed by atoms with Crippen molar-refractivity contribution in [3.05, 3.63) is 29.8 Å². The van der Waals surface area contributed by atoms with Gasteiger partial charge in [-0.3, -0.25) is 4.79 Å². The number of ether oxygens (including phenoxy) is 1. The van der Waals surface area contributed by atoms with E-state index in [1.807, 2.05) is 6.92 Å². The van der Waals surface area contributed by atoms with Crippen LogP contribution in [-0.4, -0.2) is 24.6 Å². The predicted octanol–water partition coefficient (Wildman–Crippen LogP) is 3.13. The van der Waals surface area contributed by atoms with E-state index in [1.165, 1.54) is 12.1 Å². The summed E-state index contributed by atoms with van der Waals surface area (Å²) in [7, 11) is 0. The highest BCUT2D eigenvalue weighted by atomic mass is 35.5. The fourth-order valence-electron chi connectivity index (χ4n) is 2.44. The number of nitrogens with one attached hydrogen (secondary N) is 1. The Kier molecular flexibility index (Phi) is 9.09. The molecule has 1 atom stereocenters. The van der Waals surface area contributed by atoms with Crippen molar-refractivity contribution < 1.29 is 18.3 Å². The van der Waals surface area contributed by atoms with Crippen molar-refractivity contribution in [2.75, 3.05) is 6.54 Å². The summed E-state index contributed by atoms with van der Waals surface area (Å²) >= 11 is 0. The molecule has 7 heteroatoms. The molecule has 0 fully saturated rings. The van der Waals surface area contributed by atoms with Crippen LogP contribution < -0.4 is 15.8 Å². The molecule has 3 N–H and O–H groups in total. The Morgan fingerprint density at radius 2 is 1.87 bits per heavy atom. The lowest BCUT2D eigenvalue weighted by Gasteiger charge is -2.31. The molecule has 1 rings (SSSR count). The molecule has 1 aromatic rings. The molecule has 132 valence electrons. The standard InChI is InChI=1S/C16H24F2N2O2.ClH/c1-11(2)9-16(3,10-19)20-14(21)8-12-4-6-13(7-5-12)22-15(17)18;/h4-7,11,15H,8-10,19H2,1-3H3,(H,20,21);1H. The number of rotatable bonds is 8. The highest BCUT2D eigenvalue weighted by Crippen LogP contribution is 2.17. The Morgan fingerprint density at radius 1 is 1.30 bits per heavy atom. The van der Waals surface area contributed by atoms with Crippen molar-refractivity contribution in [3.8, 4) is 5.75 Å². The van der Waals surface area contributed by atoms with E-state index in [0.29, 0.717) is 12.5 Å². The van der Waals surface area contributed by atoms with E-state index in [0.717, 1.165) is 12.0 Å².